The molecule has 1 aromatic carbocycles. The van der Waals surface area contributed by atoms with Gasteiger partial charge in [-0.15, -0.1) is 0 Å². The maximum atomic E-state index is 11.4. The van der Waals surface area contributed by atoms with Gasteiger partial charge in [-0.05, 0) is 13.0 Å². The number of non-ortho nitro benzene ring substituents is 1. The lowest BCUT2D eigenvalue weighted by atomic mass is 10.1. The molecule has 1 saturated heterocycles. The number of nitrogens with one attached hydrogen (secondary N) is 1. The Hall–Kier alpha value is -2.57. The van der Waals surface area contributed by atoms with Crippen molar-refractivity contribution in [3.05, 3.63) is 39.6 Å². The number of hydrogen-bond donors (Lipinski definition) is 2. The van der Waals surface area contributed by atoms with Gasteiger partial charge in [0.15, 0.2) is 0 Å². The van der Waals surface area contributed by atoms with E-state index in [1.165, 1.54) is 18.2 Å². The number of ether oxygens (including phenoxy) is 1. The van der Waals surface area contributed by atoms with E-state index in [4.69, 9.17) is 10.5 Å². The Morgan fingerprint density at radius 3 is 2.84 bits per heavy atom. The number of carbonyl (C=O) groups excluding carboxylic acids is 1. The van der Waals surface area contributed by atoms with Crippen LogP contribution in [0.5, 0.6) is 0 Å². The number of nitrogen functional groups attached to an aromatic ring is 1. The zero-order chi connectivity index (χ0) is 14.0. The summed E-state index contributed by atoms with van der Waals surface area (Å²) in [5.74, 6) is -0.367. The molecule has 7 nitrogen and oxygen atoms in total. The molecule has 1 aliphatic heterocycles. The molecule has 1 heterocycles. The molecule has 0 aliphatic carbocycles. The Morgan fingerprint density at radius 2 is 2.26 bits per heavy atom. The van der Waals surface area contributed by atoms with Crippen molar-refractivity contribution in [2.75, 3.05) is 17.7 Å². The summed E-state index contributed by atoms with van der Waals surface area (Å²) in [4.78, 5) is 21.6. The van der Waals surface area contributed by atoms with E-state index in [0.29, 0.717) is 35.7 Å². The van der Waals surface area contributed by atoms with Gasteiger partial charge in [-0.1, -0.05) is 0 Å². The van der Waals surface area contributed by atoms with Crippen molar-refractivity contribution in [1.29, 1.82) is 0 Å². The average molecular weight is 263 g/mol. The molecule has 7 heteroatoms. The summed E-state index contributed by atoms with van der Waals surface area (Å²) in [6.07, 6.45) is 0.520. The summed E-state index contributed by atoms with van der Waals surface area (Å²) < 4.78 is 4.84. The summed E-state index contributed by atoms with van der Waals surface area (Å²) in [7, 11) is 0. The van der Waals surface area contributed by atoms with Gasteiger partial charge < -0.3 is 15.8 Å². The lowest BCUT2D eigenvalue weighted by Crippen LogP contribution is -2.06. The smallest absolute Gasteiger partial charge is 0.335 e. The zero-order valence-electron chi connectivity index (χ0n) is 10.3. The van der Waals surface area contributed by atoms with Crippen molar-refractivity contribution in [1.82, 2.24) is 0 Å². The number of benzene rings is 1. The molecule has 0 saturated carbocycles. The van der Waals surface area contributed by atoms with Gasteiger partial charge in [0.05, 0.1) is 28.5 Å². The fraction of sp³-hybridized carbons (Fsp3) is 0.250. The number of nitro groups is 1. The monoisotopic (exact) mass is 263 g/mol. The third-order valence-electron chi connectivity index (χ3n) is 2.85. The van der Waals surface area contributed by atoms with Crippen LogP contribution in [0.15, 0.2) is 29.5 Å². The number of nitrogens with zero attached hydrogens (tertiary/aromatic N) is 1. The molecule has 3 N–H and O–H groups in total. The SMILES string of the molecule is C/C(Nc1cc([N+](=O)[O-])ccc1N)=C1\CCOC1=O. The molecule has 0 radical (unpaired) electrons. The van der Waals surface area contributed by atoms with Crippen molar-refractivity contribution < 1.29 is 14.5 Å². The molecule has 0 spiro atoms. The first-order valence-electron chi connectivity index (χ1n) is 5.67. The van der Waals surface area contributed by atoms with Gasteiger partial charge in [-0.25, -0.2) is 4.79 Å². The Kier molecular flexibility index (Phi) is 3.37. The first-order valence-corrected chi connectivity index (χ1v) is 5.67. The predicted octanol–water partition coefficient (Wildman–Crippen LogP) is 1.81. The molecule has 2 rings (SSSR count). The van der Waals surface area contributed by atoms with Crippen LogP contribution in [0, 0.1) is 10.1 Å². The molecule has 0 amide bonds. The van der Waals surface area contributed by atoms with Gasteiger partial charge in [0.1, 0.15) is 0 Å². The van der Waals surface area contributed by atoms with E-state index < -0.39 is 4.92 Å². The van der Waals surface area contributed by atoms with Crippen LogP contribution in [0.4, 0.5) is 17.1 Å². The molecule has 100 valence electrons. The van der Waals surface area contributed by atoms with E-state index in [-0.39, 0.29) is 11.7 Å². The number of hydrogen-bond acceptors (Lipinski definition) is 6. The van der Waals surface area contributed by atoms with E-state index in [1.54, 1.807) is 6.92 Å². The molecule has 19 heavy (non-hydrogen) atoms. The highest BCUT2D eigenvalue weighted by molar-refractivity contribution is 5.92. The molecule has 1 aromatic rings. The van der Waals surface area contributed by atoms with E-state index in [1.807, 2.05) is 0 Å². The summed E-state index contributed by atoms with van der Waals surface area (Å²) in [6.45, 7) is 2.07. The number of anilines is 2. The van der Waals surface area contributed by atoms with Crippen LogP contribution in [0.1, 0.15) is 13.3 Å². The van der Waals surface area contributed by atoms with Crippen LogP contribution in [0.3, 0.4) is 0 Å². The molecule has 0 aromatic heterocycles. The molecular formula is C12H13N3O4. The van der Waals surface area contributed by atoms with E-state index in [0.717, 1.165) is 0 Å². The van der Waals surface area contributed by atoms with Crippen molar-refractivity contribution in [3.8, 4) is 0 Å². The van der Waals surface area contributed by atoms with Crippen LogP contribution in [-0.2, 0) is 9.53 Å². The first kappa shape index (κ1) is 12.9. The Morgan fingerprint density at radius 1 is 1.53 bits per heavy atom. The average Bonchev–Trinajstić information content (AvgIpc) is 2.78. The van der Waals surface area contributed by atoms with E-state index >= 15 is 0 Å². The van der Waals surface area contributed by atoms with Gasteiger partial charge in [0.25, 0.3) is 5.69 Å². The van der Waals surface area contributed by atoms with Crippen molar-refractivity contribution in [2.45, 2.75) is 13.3 Å². The number of nitrogens with two attached hydrogens (primary N) is 1. The second-order valence-corrected chi connectivity index (χ2v) is 4.14. The lowest BCUT2D eigenvalue weighted by Gasteiger charge is -2.10. The minimum atomic E-state index is -0.503. The predicted molar refractivity (Wildman–Crippen MR) is 69.4 cm³/mol. The highest BCUT2D eigenvalue weighted by Crippen LogP contribution is 2.27. The van der Waals surface area contributed by atoms with Gasteiger partial charge >= 0.3 is 5.97 Å². The van der Waals surface area contributed by atoms with Crippen LogP contribution in [0.25, 0.3) is 0 Å². The van der Waals surface area contributed by atoms with Gasteiger partial charge in [-0.2, -0.15) is 0 Å². The highest BCUT2D eigenvalue weighted by atomic mass is 16.6. The summed E-state index contributed by atoms with van der Waals surface area (Å²) >= 11 is 0. The van der Waals surface area contributed by atoms with E-state index in [9.17, 15) is 14.9 Å². The number of esters is 1. The largest absolute Gasteiger partial charge is 0.462 e. The summed E-state index contributed by atoms with van der Waals surface area (Å²) in [5, 5.41) is 13.6. The lowest BCUT2D eigenvalue weighted by molar-refractivity contribution is -0.384. The number of allylic oxidation sites excluding steroid dienone is 1. The minimum Gasteiger partial charge on any atom is -0.462 e. The van der Waals surface area contributed by atoms with E-state index in [2.05, 4.69) is 5.32 Å². The minimum absolute atomic E-state index is 0.0662. The fourth-order valence-corrected chi connectivity index (χ4v) is 1.82. The topological polar surface area (TPSA) is 107 Å². The third kappa shape index (κ3) is 2.65. The molecule has 0 unspecified atom stereocenters. The molecular weight excluding hydrogens is 250 g/mol. The Labute approximate surface area is 109 Å². The maximum absolute atomic E-state index is 11.4. The van der Waals surface area contributed by atoms with Gasteiger partial charge in [-0.3, -0.25) is 10.1 Å². The number of nitro benzene ring substituents is 1. The molecule has 1 aliphatic rings. The van der Waals surface area contributed by atoms with Crippen molar-refractivity contribution >= 4 is 23.0 Å². The first-order chi connectivity index (χ1) is 8.99. The summed E-state index contributed by atoms with van der Waals surface area (Å²) in [5.41, 5.74) is 7.58. The third-order valence-corrected chi connectivity index (χ3v) is 2.85. The molecule has 0 atom stereocenters. The number of carbonyl (C=O) groups is 1. The van der Waals surface area contributed by atoms with Crippen LogP contribution >= 0.6 is 0 Å². The Balaban J connectivity index is 2.30. The van der Waals surface area contributed by atoms with Crippen LogP contribution < -0.4 is 11.1 Å². The number of rotatable bonds is 3. The van der Waals surface area contributed by atoms with Gasteiger partial charge in [0.2, 0.25) is 0 Å². The second kappa shape index (κ2) is 4.97. The van der Waals surface area contributed by atoms with Crippen molar-refractivity contribution in [2.24, 2.45) is 0 Å². The Bertz CT molecular complexity index is 580. The quantitative estimate of drug-likeness (QED) is 0.283. The maximum Gasteiger partial charge on any atom is 0.335 e. The van der Waals surface area contributed by atoms with Crippen LogP contribution in [0.2, 0.25) is 0 Å². The highest BCUT2D eigenvalue weighted by Gasteiger charge is 2.21. The zero-order valence-corrected chi connectivity index (χ0v) is 10.3. The second-order valence-electron chi connectivity index (χ2n) is 4.14. The van der Waals surface area contributed by atoms with Crippen LogP contribution in [-0.4, -0.2) is 17.5 Å². The van der Waals surface area contributed by atoms with Crippen molar-refractivity contribution in [3.63, 3.8) is 0 Å². The van der Waals surface area contributed by atoms with Gasteiger partial charge in [0, 0.05) is 24.3 Å². The molecule has 0 bridgehead atoms. The molecule has 1 fully saturated rings. The number of cyclic esters (lactones) is 1. The standard InChI is InChI=1S/C12H13N3O4/c1-7(9-4-5-19-12(9)16)14-11-6-8(15(17)18)2-3-10(11)13/h2-3,6,14H,4-5,13H2,1H3/b9-7-. The fourth-order valence-electron chi connectivity index (χ4n) is 1.82. The normalized spacial score (nSPS) is 17.0. The summed E-state index contributed by atoms with van der Waals surface area (Å²) in [6, 6.07) is 4.11.